The molecular formula is C17H13N. The van der Waals surface area contributed by atoms with Gasteiger partial charge in [0, 0.05) is 16.3 Å². The Hall–Kier alpha value is -2.28. The minimum Gasteiger partial charge on any atom is -0.354 e. The van der Waals surface area contributed by atoms with Crippen molar-refractivity contribution in [1.82, 2.24) is 4.98 Å². The number of benzene rings is 3. The van der Waals surface area contributed by atoms with E-state index >= 15 is 0 Å². The summed E-state index contributed by atoms with van der Waals surface area (Å²) >= 11 is 0. The molecule has 1 heteroatoms. The summed E-state index contributed by atoms with van der Waals surface area (Å²) in [6.45, 7) is 2.17. The summed E-state index contributed by atoms with van der Waals surface area (Å²) in [6, 6.07) is 19.4. The molecule has 86 valence electrons. The van der Waals surface area contributed by atoms with E-state index in [4.69, 9.17) is 0 Å². The number of rotatable bonds is 0. The van der Waals surface area contributed by atoms with Gasteiger partial charge in [-0.1, -0.05) is 42.5 Å². The lowest BCUT2D eigenvalue weighted by Gasteiger charge is -2.03. The average molecular weight is 231 g/mol. The molecule has 0 saturated heterocycles. The van der Waals surface area contributed by atoms with Crippen LogP contribution in [0.3, 0.4) is 0 Å². The van der Waals surface area contributed by atoms with E-state index < -0.39 is 0 Å². The third-order valence-corrected chi connectivity index (χ3v) is 3.70. The first-order valence-electron chi connectivity index (χ1n) is 6.23. The molecule has 0 atom stereocenters. The third kappa shape index (κ3) is 1.16. The first kappa shape index (κ1) is 9.72. The lowest BCUT2D eigenvalue weighted by Crippen LogP contribution is -1.79. The Kier molecular flexibility index (Phi) is 1.81. The predicted octanol–water partition coefficient (Wildman–Crippen LogP) is 4.78. The number of hydrogen-bond donors (Lipinski definition) is 1. The minimum atomic E-state index is 1.21. The van der Waals surface area contributed by atoms with Crippen molar-refractivity contribution in [1.29, 1.82) is 0 Å². The molecule has 0 aliphatic carbocycles. The van der Waals surface area contributed by atoms with Crippen LogP contribution in [0.1, 0.15) is 5.56 Å². The van der Waals surface area contributed by atoms with Gasteiger partial charge < -0.3 is 4.98 Å². The predicted molar refractivity (Wildman–Crippen MR) is 78.0 cm³/mol. The highest BCUT2D eigenvalue weighted by Gasteiger charge is 2.09. The summed E-state index contributed by atoms with van der Waals surface area (Å²) in [4.78, 5) is 3.54. The summed E-state index contributed by atoms with van der Waals surface area (Å²) in [5.41, 5.74) is 3.78. The number of aromatic nitrogens is 1. The molecule has 1 N–H and O–H groups in total. The number of H-pyrrole nitrogens is 1. The van der Waals surface area contributed by atoms with Gasteiger partial charge in [0.25, 0.3) is 0 Å². The number of aryl methyl sites for hydroxylation is 1. The quantitative estimate of drug-likeness (QED) is 0.448. The standard InChI is InChI=1S/C17H13N/c1-11-10-12-6-2-3-7-13(12)16-14-8-4-5-9-15(14)18-17(11)16/h2-10,18H,1H3. The van der Waals surface area contributed by atoms with E-state index in [0.29, 0.717) is 0 Å². The van der Waals surface area contributed by atoms with Crippen LogP contribution in [0.4, 0.5) is 0 Å². The molecule has 18 heavy (non-hydrogen) atoms. The topological polar surface area (TPSA) is 15.8 Å². The van der Waals surface area contributed by atoms with Crippen molar-refractivity contribution in [2.75, 3.05) is 0 Å². The largest absolute Gasteiger partial charge is 0.354 e. The van der Waals surface area contributed by atoms with E-state index in [1.54, 1.807) is 0 Å². The maximum Gasteiger partial charge on any atom is 0.0501 e. The van der Waals surface area contributed by atoms with E-state index in [9.17, 15) is 0 Å². The summed E-state index contributed by atoms with van der Waals surface area (Å²) < 4.78 is 0. The van der Waals surface area contributed by atoms with Gasteiger partial charge in [-0.15, -0.1) is 0 Å². The highest BCUT2D eigenvalue weighted by atomic mass is 14.7. The van der Waals surface area contributed by atoms with Crippen LogP contribution in [0, 0.1) is 6.92 Å². The Morgan fingerprint density at radius 3 is 2.44 bits per heavy atom. The second-order valence-corrected chi connectivity index (χ2v) is 4.84. The van der Waals surface area contributed by atoms with E-state index in [1.807, 2.05) is 0 Å². The Morgan fingerprint density at radius 1 is 0.833 bits per heavy atom. The van der Waals surface area contributed by atoms with Crippen molar-refractivity contribution in [3.8, 4) is 0 Å². The highest BCUT2D eigenvalue weighted by Crippen LogP contribution is 2.33. The molecule has 0 unspecified atom stereocenters. The molecule has 1 nitrogen and oxygen atoms in total. The maximum absolute atomic E-state index is 3.54. The monoisotopic (exact) mass is 231 g/mol. The fourth-order valence-corrected chi connectivity index (χ4v) is 2.87. The van der Waals surface area contributed by atoms with Crippen molar-refractivity contribution in [3.63, 3.8) is 0 Å². The zero-order valence-corrected chi connectivity index (χ0v) is 10.2. The zero-order valence-electron chi connectivity index (χ0n) is 10.2. The zero-order chi connectivity index (χ0) is 12.1. The second-order valence-electron chi connectivity index (χ2n) is 4.84. The summed E-state index contributed by atoms with van der Waals surface area (Å²) in [5, 5.41) is 5.30. The van der Waals surface area contributed by atoms with Crippen molar-refractivity contribution in [2.45, 2.75) is 6.92 Å². The van der Waals surface area contributed by atoms with Crippen LogP contribution < -0.4 is 0 Å². The van der Waals surface area contributed by atoms with Crippen LogP contribution in [0.15, 0.2) is 54.6 Å². The number of nitrogens with one attached hydrogen (secondary N) is 1. The first-order valence-corrected chi connectivity index (χ1v) is 6.23. The van der Waals surface area contributed by atoms with Crippen molar-refractivity contribution in [2.24, 2.45) is 0 Å². The first-order chi connectivity index (χ1) is 8.84. The Labute approximate surface area is 105 Å². The van der Waals surface area contributed by atoms with Crippen molar-refractivity contribution >= 4 is 32.6 Å². The lowest BCUT2D eigenvalue weighted by atomic mass is 10.0. The number of fused-ring (bicyclic) bond motifs is 5. The lowest BCUT2D eigenvalue weighted by molar-refractivity contribution is 1.47. The molecule has 4 rings (SSSR count). The number of hydrogen-bond acceptors (Lipinski definition) is 0. The van der Waals surface area contributed by atoms with Gasteiger partial charge in [-0.2, -0.15) is 0 Å². The normalized spacial score (nSPS) is 11.6. The number of aromatic amines is 1. The fourth-order valence-electron chi connectivity index (χ4n) is 2.87. The molecule has 1 heterocycles. The molecule has 0 aliphatic heterocycles. The van der Waals surface area contributed by atoms with Crippen molar-refractivity contribution < 1.29 is 0 Å². The second kappa shape index (κ2) is 3.36. The maximum atomic E-state index is 3.54. The summed E-state index contributed by atoms with van der Waals surface area (Å²) in [6.07, 6.45) is 0. The molecule has 4 aromatic rings. The van der Waals surface area contributed by atoms with Gasteiger partial charge >= 0.3 is 0 Å². The Bertz CT molecular complexity index is 884. The molecule has 0 saturated carbocycles. The average Bonchev–Trinajstić information content (AvgIpc) is 2.79. The van der Waals surface area contributed by atoms with Crippen LogP contribution >= 0.6 is 0 Å². The van der Waals surface area contributed by atoms with Crippen LogP contribution in [0.25, 0.3) is 32.6 Å². The molecular weight excluding hydrogens is 218 g/mol. The van der Waals surface area contributed by atoms with E-state index in [1.165, 1.54) is 38.1 Å². The van der Waals surface area contributed by atoms with Crippen molar-refractivity contribution in [3.05, 3.63) is 60.2 Å². The van der Waals surface area contributed by atoms with Gasteiger partial charge in [0.1, 0.15) is 0 Å². The molecule has 0 amide bonds. The Morgan fingerprint density at radius 2 is 1.56 bits per heavy atom. The smallest absolute Gasteiger partial charge is 0.0501 e. The summed E-state index contributed by atoms with van der Waals surface area (Å²) in [5.74, 6) is 0. The molecule has 3 aromatic carbocycles. The van der Waals surface area contributed by atoms with Gasteiger partial charge in [0.05, 0.1) is 5.52 Å². The van der Waals surface area contributed by atoms with Crippen LogP contribution in [-0.4, -0.2) is 4.98 Å². The number of para-hydroxylation sites is 1. The van der Waals surface area contributed by atoms with Gasteiger partial charge in [-0.25, -0.2) is 0 Å². The van der Waals surface area contributed by atoms with E-state index in [-0.39, 0.29) is 0 Å². The molecule has 0 fully saturated rings. The van der Waals surface area contributed by atoms with Crippen LogP contribution in [0.2, 0.25) is 0 Å². The third-order valence-electron chi connectivity index (χ3n) is 3.70. The fraction of sp³-hybridized carbons (Fsp3) is 0.0588. The van der Waals surface area contributed by atoms with E-state index in [2.05, 4.69) is 66.5 Å². The highest BCUT2D eigenvalue weighted by molar-refractivity contribution is 6.20. The van der Waals surface area contributed by atoms with Gasteiger partial charge in [-0.3, -0.25) is 0 Å². The molecule has 0 spiro atoms. The van der Waals surface area contributed by atoms with E-state index in [0.717, 1.165) is 0 Å². The van der Waals surface area contributed by atoms with Gasteiger partial charge in [0.2, 0.25) is 0 Å². The molecule has 0 aliphatic rings. The molecule has 0 radical (unpaired) electrons. The van der Waals surface area contributed by atoms with Crippen LogP contribution in [0.5, 0.6) is 0 Å². The van der Waals surface area contributed by atoms with Gasteiger partial charge in [-0.05, 0) is 35.4 Å². The SMILES string of the molecule is Cc1cc2ccccc2c2c1[nH]c1ccccc12. The Balaban J connectivity index is 2.41. The summed E-state index contributed by atoms with van der Waals surface area (Å²) in [7, 11) is 0. The minimum absolute atomic E-state index is 1.21. The molecule has 0 bridgehead atoms. The molecule has 1 aromatic heterocycles. The van der Waals surface area contributed by atoms with Gasteiger partial charge in [0.15, 0.2) is 0 Å². The van der Waals surface area contributed by atoms with Crippen LogP contribution in [-0.2, 0) is 0 Å².